The molecule has 2 aliphatic heterocycles. The maximum atomic E-state index is 11.6. The van der Waals surface area contributed by atoms with Gasteiger partial charge in [0.05, 0.1) is 18.4 Å². The van der Waals surface area contributed by atoms with Gasteiger partial charge in [-0.3, -0.25) is 0 Å². The molecule has 4 rings (SSSR count). The molecular formula is C12H12ClNO3. The average molecular weight is 254 g/mol. The molecule has 0 spiro atoms. The van der Waals surface area contributed by atoms with Crippen molar-refractivity contribution in [3.8, 4) is 0 Å². The van der Waals surface area contributed by atoms with Crippen LogP contribution in [-0.4, -0.2) is 23.7 Å². The Bertz CT molecular complexity index is 483. The number of ether oxygens (including phenoxy) is 2. The van der Waals surface area contributed by atoms with E-state index in [1.807, 2.05) is 0 Å². The highest BCUT2D eigenvalue weighted by Gasteiger charge is 2.41. The van der Waals surface area contributed by atoms with Crippen LogP contribution in [0, 0.1) is 0 Å². The van der Waals surface area contributed by atoms with Crippen molar-refractivity contribution >= 4 is 17.6 Å². The van der Waals surface area contributed by atoms with Crippen molar-refractivity contribution in [2.24, 2.45) is 0 Å². The molecule has 0 N–H and O–H groups in total. The fourth-order valence-electron chi connectivity index (χ4n) is 2.33. The fraction of sp³-hybridized carbons (Fsp3) is 0.500. The quantitative estimate of drug-likeness (QED) is 0.759. The van der Waals surface area contributed by atoms with E-state index in [1.54, 1.807) is 13.0 Å². The Hall–Kier alpha value is -1.13. The summed E-state index contributed by atoms with van der Waals surface area (Å²) in [5.41, 5.74) is 2.10. The van der Waals surface area contributed by atoms with Gasteiger partial charge in [0.1, 0.15) is 11.8 Å². The molecule has 2 atom stereocenters. The molecule has 1 aromatic heterocycles. The van der Waals surface area contributed by atoms with Crippen LogP contribution in [0.15, 0.2) is 6.07 Å². The zero-order valence-corrected chi connectivity index (χ0v) is 10.2. The molecule has 17 heavy (non-hydrogen) atoms. The van der Waals surface area contributed by atoms with Crippen LogP contribution < -0.4 is 0 Å². The van der Waals surface area contributed by atoms with E-state index in [9.17, 15) is 4.79 Å². The van der Waals surface area contributed by atoms with E-state index in [-0.39, 0.29) is 17.9 Å². The van der Waals surface area contributed by atoms with Gasteiger partial charge in [0, 0.05) is 17.9 Å². The summed E-state index contributed by atoms with van der Waals surface area (Å²) in [7, 11) is 0. The molecule has 0 aromatic carbocycles. The van der Waals surface area contributed by atoms with E-state index in [0.29, 0.717) is 11.6 Å². The predicted octanol–water partition coefficient (Wildman–Crippen LogP) is 2.30. The average Bonchev–Trinajstić information content (AvgIpc) is 2.27. The molecule has 0 radical (unpaired) electrons. The van der Waals surface area contributed by atoms with Crippen molar-refractivity contribution in [3.05, 3.63) is 28.0 Å². The number of nitrogens with zero attached hydrogens (tertiary/aromatic N) is 1. The molecule has 1 saturated heterocycles. The Labute approximate surface area is 104 Å². The van der Waals surface area contributed by atoms with Gasteiger partial charge >= 0.3 is 5.97 Å². The minimum atomic E-state index is -0.432. The second kappa shape index (κ2) is 3.96. The first kappa shape index (κ1) is 11.0. The van der Waals surface area contributed by atoms with Crippen LogP contribution in [0.1, 0.15) is 41.2 Å². The summed E-state index contributed by atoms with van der Waals surface area (Å²) >= 11 is 6.17. The lowest BCUT2D eigenvalue weighted by atomic mass is 9.86. The third kappa shape index (κ3) is 1.72. The van der Waals surface area contributed by atoms with Gasteiger partial charge in [-0.25, -0.2) is 9.78 Å². The standard InChI is InChI=1S/C12H12ClNO3/c1-2-16-12(15)9-5-8(13)7-3-6-4-10(17-6)11(7)14-9/h5-6,10H,2-4H2,1H3. The van der Waals surface area contributed by atoms with E-state index in [0.717, 1.165) is 24.1 Å². The van der Waals surface area contributed by atoms with Gasteiger partial charge in [0.2, 0.25) is 0 Å². The number of esters is 1. The van der Waals surface area contributed by atoms with E-state index >= 15 is 0 Å². The molecule has 5 heteroatoms. The summed E-state index contributed by atoms with van der Waals surface area (Å²) in [6.07, 6.45) is 2.06. The molecule has 3 aliphatic rings. The Balaban J connectivity index is 2.00. The third-order valence-corrected chi connectivity index (χ3v) is 3.49. The van der Waals surface area contributed by atoms with E-state index in [4.69, 9.17) is 21.1 Å². The van der Waals surface area contributed by atoms with Crippen molar-refractivity contribution in [2.75, 3.05) is 6.61 Å². The lowest BCUT2D eigenvalue weighted by molar-refractivity contribution is -0.139. The zero-order valence-electron chi connectivity index (χ0n) is 9.40. The molecule has 2 unspecified atom stereocenters. The Morgan fingerprint density at radius 1 is 1.71 bits per heavy atom. The fourth-order valence-corrected chi connectivity index (χ4v) is 2.61. The van der Waals surface area contributed by atoms with Gasteiger partial charge in [-0.05, 0) is 18.6 Å². The second-order valence-corrected chi connectivity index (χ2v) is 4.67. The number of aromatic nitrogens is 1. The number of rotatable bonds is 2. The van der Waals surface area contributed by atoms with Crippen LogP contribution in [0.3, 0.4) is 0 Å². The monoisotopic (exact) mass is 253 g/mol. The molecule has 4 nitrogen and oxygen atoms in total. The minimum Gasteiger partial charge on any atom is -0.461 e. The van der Waals surface area contributed by atoms with Gasteiger partial charge in [-0.15, -0.1) is 0 Å². The Morgan fingerprint density at radius 2 is 2.47 bits per heavy atom. The van der Waals surface area contributed by atoms with Gasteiger partial charge in [-0.1, -0.05) is 11.6 Å². The molecule has 1 fully saturated rings. The molecular weight excluding hydrogens is 242 g/mol. The highest BCUT2D eigenvalue weighted by molar-refractivity contribution is 6.31. The largest absolute Gasteiger partial charge is 0.461 e. The van der Waals surface area contributed by atoms with Crippen LogP contribution in [0.4, 0.5) is 0 Å². The SMILES string of the molecule is CCOC(=O)c1cc(Cl)c2c(n1)C1CC(C2)O1. The first-order valence-corrected chi connectivity index (χ1v) is 6.08. The summed E-state index contributed by atoms with van der Waals surface area (Å²) < 4.78 is 10.5. The van der Waals surface area contributed by atoms with Crippen molar-refractivity contribution in [1.82, 2.24) is 4.98 Å². The Morgan fingerprint density at radius 3 is 3.18 bits per heavy atom. The van der Waals surface area contributed by atoms with Crippen LogP contribution in [0.2, 0.25) is 5.02 Å². The molecule has 3 heterocycles. The molecule has 1 aliphatic carbocycles. The summed E-state index contributed by atoms with van der Waals surface area (Å²) in [4.78, 5) is 15.9. The molecule has 0 saturated carbocycles. The van der Waals surface area contributed by atoms with Gasteiger partial charge < -0.3 is 9.47 Å². The summed E-state index contributed by atoms with van der Waals surface area (Å²) in [6.45, 7) is 2.09. The zero-order chi connectivity index (χ0) is 12.0. The molecule has 1 aromatic rings. The van der Waals surface area contributed by atoms with Crippen LogP contribution in [0.25, 0.3) is 0 Å². The van der Waals surface area contributed by atoms with Gasteiger partial charge in [0.25, 0.3) is 0 Å². The number of carbonyl (C=O) groups is 1. The number of halogens is 1. The van der Waals surface area contributed by atoms with Crippen molar-refractivity contribution in [3.63, 3.8) is 0 Å². The molecule has 90 valence electrons. The maximum Gasteiger partial charge on any atom is 0.356 e. The first-order valence-electron chi connectivity index (χ1n) is 5.71. The smallest absolute Gasteiger partial charge is 0.356 e. The van der Waals surface area contributed by atoms with Crippen molar-refractivity contribution in [2.45, 2.75) is 32.0 Å². The van der Waals surface area contributed by atoms with E-state index in [1.165, 1.54) is 0 Å². The second-order valence-electron chi connectivity index (χ2n) is 4.26. The summed E-state index contributed by atoms with van der Waals surface area (Å²) in [5, 5.41) is 0.594. The number of carbonyl (C=O) groups excluding carboxylic acids is 1. The number of pyridine rings is 1. The highest BCUT2D eigenvalue weighted by atomic mass is 35.5. The number of hydrogen-bond donors (Lipinski definition) is 0. The normalized spacial score (nSPS) is 24.8. The Kier molecular flexibility index (Phi) is 2.56. The van der Waals surface area contributed by atoms with Crippen LogP contribution in [-0.2, 0) is 15.9 Å². The van der Waals surface area contributed by atoms with Gasteiger partial charge in [-0.2, -0.15) is 0 Å². The van der Waals surface area contributed by atoms with Crippen molar-refractivity contribution in [1.29, 1.82) is 0 Å². The number of hydrogen-bond acceptors (Lipinski definition) is 4. The summed E-state index contributed by atoms with van der Waals surface area (Å²) in [6, 6.07) is 1.59. The topological polar surface area (TPSA) is 48.4 Å². The van der Waals surface area contributed by atoms with E-state index < -0.39 is 5.97 Å². The van der Waals surface area contributed by atoms with Crippen LogP contribution in [0.5, 0.6) is 0 Å². The van der Waals surface area contributed by atoms with Crippen LogP contribution >= 0.6 is 11.6 Å². The molecule has 2 bridgehead atoms. The van der Waals surface area contributed by atoms with Gasteiger partial charge in [0.15, 0.2) is 0 Å². The maximum absolute atomic E-state index is 11.6. The predicted molar refractivity (Wildman–Crippen MR) is 61.1 cm³/mol. The lowest BCUT2D eigenvalue weighted by Gasteiger charge is -2.42. The van der Waals surface area contributed by atoms with E-state index in [2.05, 4.69) is 4.98 Å². The first-order chi connectivity index (χ1) is 8.19. The summed E-state index contributed by atoms with van der Waals surface area (Å²) in [5.74, 6) is -0.432. The molecule has 0 amide bonds. The lowest BCUT2D eigenvalue weighted by Crippen LogP contribution is -2.39. The minimum absolute atomic E-state index is 0.00984. The van der Waals surface area contributed by atoms with Crippen molar-refractivity contribution < 1.29 is 14.3 Å². The third-order valence-electron chi connectivity index (χ3n) is 3.16. The highest BCUT2D eigenvalue weighted by Crippen LogP contribution is 2.45.